The molecule has 0 radical (unpaired) electrons. The van der Waals surface area contributed by atoms with Crippen molar-refractivity contribution in [1.82, 2.24) is 0 Å². The Bertz CT molecular complexity index is 423. The third-order valence-corrected chi connectivity index (χ3v) is 2.70. The zero-order valence-electron chi connectivity index (χ0n) is 8.56. The van der Waals surface area contributed by atoms with Crippen molar-refractivity contribution in [3.63, 3.8) is 0 Å². The number of hydrogen-bond acceptors (Lipinski definition) is 6. The average molecular weight is 270 g/mol. The molecule has 0 heterocycles. The van der Waals surface area contributed by atoms with Crippen LogP contribution in [0.1, 0.15) is 13.3 Å². The Morgan fingerprint density at radius 3 is 2.00 bits per heavy atom. The summed E-state index contributed by atoms with van der Waals surface area (Å²) in [6, 6.07) is 0. The SMILES string of the molecule is CC(OC(=O)C(CC(=O)O)S(=O)(=O)O)C(=O)O. The second kappa shape index (κ2) is 5.59. The minimum Gasteiger partial charge on any atom is -0.481 e. The van der Waals surface area contributed by atoms with Crippen molar-refractivity contribution in [3.8, 4) is 0 Å². The van der Waals surface area contributed by atoms with Gasteiger partial charge in [-0.05, 0) is 6.92 Å². The predicted octanol–water partition coefficient (Wildman–Crippen LogP) is -1.27. The van der Waals surface area contributed by atoms with E-state index in [0.717, 1.165) is 6.92 Å². The summed E-state index contributed by atoms with van der Waals surface area (Å²) in [7, 11) is -4.98. The molecule has 0 fully saturated rings. The number of carboxylic acids is 2. The summed E-state index contributed by atoms with van der Waals surface area (Å²) in [4.78, 5) is 31.8. The number of carbonyl (C=O) groups is 3. The Labute approximate surface area is 95.7 Å². The van der Waals surface area contributed by atoms with Gasteiger partial charge in [-0.2, -0.15) is 8.42 Å². The second-order valence-corrected chi connectivity index (χ2v) is 4.62. The zero-order chi connectivity index (χ0) is 13.8. The van der Waals surface area contributed by atoms with E-state index in [1.54, 1.807) is 0 Å². The van der Waals surface area contributed by atoms with E-state index in [0.29, 0.717) is 0 Å². The van der Waals surface area contributed by atoms with Crippen molar-refractivity contribution in [2.24, 2.45) is 0 Å². The molecule has 0 aliphatic heterocycles. The van der Waals surface area contributed by atoms with Crippen LogP contribution < -0.4 is 0 Å². The largest absolute Gasteiger partial charge is 0.481 e. The number of rotatable bonds is 6. The molecule has 0 spiro atoms. The Hall–Kier alpha value is -1.68. The van der Waals surface area contributed by atoms with E-state index in [-0.39, 0.29) is 0 Å². The van der Waals surface area contributed by atoms with Crippen molar-refractivity contribution in [2.45, 2.75) is 24.7 Å². The average Bonchev–Trinajstić information content (AvgIpc) is 2.11. The Balaban J connectivity index is 4.90. The molecule has 10 heteroatoms. The minimum absolute atomic E-state index is 0.946. The molecule has 0 aromatic carbocycles. The highest BCUT2D eigenvalue weighted by Crippen LogP contribution is 2.09. The molecule has 98 valence electrons. The van der Waals surface area contributed by atoms with E-state index < -0.39 is 45.8 Å². The highest BCUT2D eigenvalue weighted by molar-refractivity contribution is 7.87. The first-order valence-corrected chi connectivity index (χ1v) is 5.67. The normalized spacial score (nSPS) is 14.7. The van der Waals surface area contributed by atoms with E-state index in [4.69, 9.17) is 14.8 Å². The molecular formula is C7H10O9S. The van der Waals surface area contributed by atoms with E-state index >= 15 is 0 Å². The fraction of sp³-hybridized carbons (Fsp3) is 0.571. The Kier molecular flexibility index (Phi) is 5.04. The number of hydrogen-bond donors (Lipinski definition) is 3. The molecule has 0 bridgehead atoms. The van der Waals surface area contributed by atoms with Crippen molar-refractivity contribution in [2.75, 3.05) is 0 Å². The van der Waals surface area contributed by atoms with Gasteiger partial charge in [0.05, 0.1) is 6.42 Å². The van der Waals surface area contributed by atoms with Crippen molar-refractivity contribution in [1.29, 1.82) is 0 Å². The maximum absolute atomic E-state index is 11.2. The summed E-state index contributed by atoms with van der Waals surface area (Å²) in [6.45, 7) is 0.946. The Morgan fingerprint density at radius 2 is 1.71 bits per heavy atom. The molecule has 2 unspecified atom stereocenters. The van der Waals surface area contributed by atoms with Crippen LogP contribution in [0.3, 0.4) is 0 Å². The van der Waals surface area contributed by atoms with Gasteiger partial charge >= 0.3 is 17.9 Å². The summed E-state index contributed by atoms with van der Waals surface area (Å²) in [5.41, 5.74) is 0. The number of ether oxygens (including phenoxy) is 1. The first kappa shape index (κ1) is 15.3. The van der Waals surface area contributed by atoms with E-state index in [1.165, 1.54) is 0 Å². The van der Waals surface area contributed by atoms with E-state index in [2.05, 4.69) is 4.74 Å². The smallest absolute Gasteiger partial charge is 0.344 e. The molecule has 3 N–H and O–H groups in total. The van der Waals surface area contributed by atoms with Crippen molar-refractivity contribution in [3.05, 3.63) is 0 Å². The van der Waals surface area contributed by atoms with Crippen molar-refractivity contribution < 1.29 is 42.3 Å². The summed E-state index contributed by atoms with van der Waals surface area (Å²) >= 11 is 0. The Morgan fingerprint density at radius 1 is 1.24 bits per heavy atom. The predicted molar refractivity (Wildman–Crippen MR) is 50.8 cm³/mol. The summed E-state index contributed by atoms with van der Waals surface area (Å²) < 4.78 is 34.2. The lowest BCUT2D eigenvalue weighted by molar-refractivity contribution is -0.163. The zero-order valence-corrected chi connectivity index (χ0v) is 9.38. The van der Waals surface area contributed by atoms with Crippen LogP contribution in [0, 0.1) is 0 Å². The van der Waals surface area contributed by atoms with Crippen LogP contribution in [0.4, 0.5) is 0 Å². The van der Waals surface area contributed by atoms with Crippen LogP contribution in [0.2, 0.25) is 0 Å². The van der Waals surface area contributed by atoms with Crippen molar-refractivity contribution >= 4 is 28.0 Å². The number of esters is 1. The maximum atomic E-state index is 11.2. The van der Waals surface area contributed by atoms with Gasteiger partial charge in [-0.15, -0.1) is 0 Å². The molecule has 0 aromatic rings. The topological polar surface area (TPSA) is 155 Å². The van der Waals surface area contributed by atoms with Gasteiger partial charge in [-0.3, -0.25) is 14.1 Å². The molecule has 0 amide bonds. The van der Waals surface area contributed by atoms with Crippen LogP contribution in [-0.2, 0) is 29.2 Å². The van der Waals surface area contributed by atoms with Gasteiger partial charge < -0.3 is 14.9 Å². The summed E-state index contributed by atoms with van der Waals surface area (Å²) in [5.74, 6) is -4.83. The second-order valence-electron chi connectivity index (χ2n) is 3.02. The van der Waals surface area contributed by atoms with E-state index in [9.17, 15) is 22.8 Å². The van der Waals surface area contributed by atoms with Gasteiger partial charge in [0.1, 0.15) is 0 Å². The lowest BCUT2D eigenvalue weighted by Gasteiger charge is -2.13. The quantitative estimate of drug-likeness (QED) is 0.395. The summed E-state index contributed by atoms with van der Waals surface area (Å²) in [6.07, 6.45) is -2.87. The number of carboxylic acid groups (broad SMARTS) is 2. The molecule has 0 rings (SSSR count). The van der Waals surface area contributed by atoms with Gasteiger partial charge in [0.2, 0.25) is 0 Å². The lowest BCUT2D eigenvalue weighted by atomic mass is 10.3. The molecule has 0 aliphatic rings. The molecule has 2 atom stereocenters. The highest BCUT2D eigenvalue weighted by Gasteiger charge is 2.36. The number of carbonyl (C=O) groups excluding carboxylic acids is 1. The van der Waals surface area contributed by atoms with Crippen LogP contribution in [0.15, 0.2) is 0 Å². The van der Waals surface area contributed by atoms with Gasteiger partial charge in [0.25, 0.3) is 10.1 Å². The van der Waals surface area contributed by atoms with Crippen LogP contribution in [0.25, 0.3) is 0 Å². The van der Waals surface area contributed by atoms with Gasteiger partial charge in [-0.1, -0.05) is 0 Å². The fourth-order valence-electron chi connectivity index (χ4n) is 0.769. The molecule has 0 aromatic heterocycles. The number of aliphatic carboxylic acids is 2. The maximum Gasteiger partial charge on any atom is 0.344 e. The molecule has 17 heavy (non-hydrogen) atoms. The highest BCUT2D eigenvalue weighted by atomic mass is 32.2. The van der Waals surface area contributed by atoms with Crippen LogP contribution in [-0.4, -0.2) is 52.4 Å². The van der Waals surface area contributed by atoms with Crippen LogP contribution >= 0.6 is 0 Å². The molecular weight excluding hydrogens is 260 g/mol. The molecule has 0 saturated heterocycles. The monoisotopic (exact) mass is 270 g/mol. The van der Waals surface area contributed by atoms with E-state index in [1.807, 2.05) is 0 Å². The third-order valence-electron chi connectivity index (χ3n) is 1.62. The first-order chi connectivity index (χ1) is 7.55. The standard InChI is InChI=1S/C7H10O9S/c1-3(6(10)11)16-7(12)4(2-5(8)9)17(13,14)15/h3-4H,2H2,1H3,(H,8,9)(H,10,11)(H,13,14,15). The van der Waals surface area contributed by atoms with Gasteiger partial charge in [0, 0.05) is 0 Å². The van der Waals surface area contributed by atoms with Gasteiger partial charge in [-0.25, -0.2) is 4.79 Å². The lowest BCUT2D eigenvalue weighted by Crippen LogP contribution is -2.37. The first-order valence-electron chi connectivity index (χ1n) is 4.17. The molecule has 9 nitrogen and oxygen atoms in total. The molecule has 0 saturated carbocycles. The summed E-state index contributed by atoms with van der Waals surface area (Å²) in [5, 5.41) is 14.4. The third kappa shape index (κ3) is 5.26. The fourth-order valence-corrected chi connectivity index (χ4v) is 1.42. The van der Waals surface area contributed by atoms with Crippen LogP contribution in [0.5, 0.6) is 0 Å². The van der Waals surface area contributed by atoms with Gasteiger partial charge in [0.15, 0.2) is 11.4 Å². The minimum atomic E-state index is -4.98. The molecule has 0 aliphatic carbocycles.